The van der Waals surface area contributed by atoms with E-state index < -0.39 is 0 Å². The Morgan fingerprint density at radius 2 is 2.30 bits per heavy atom. The first kappa shape index (κ1) is 6.62. The molecule has 10 heavy (non-hydrogen) atoms. The maximum atomic E-state index is 5.84. The normalized spacial score (nSPS) is 52.2. The molecule has 1 aliphatic carbocycles. The van der Waals surface area contributed by atoms with Crippen LogP contribution >= 0.6 is 0 Å². The fourth-order valence-corrected chi connectivity index (χ4v) is 2.44. The lowest BCUT2D eigenvalue weighted by Crippen LogP contribution is -2.48. The molecular weight excluding hydrogens is 124 g/mol. The van der Waals surface area contributed by atoms with Gasteiger partial charge in [-0.3, -0.25) is 0 Å². The van der Waals surface area contributed by atoms with Crippen LogP contribution in [-0.4, -0.2) is 18.6 Å². The number of nitrogens with one attached hydrogen (secondary N) is 1. The Labute approximate surface area is 62.2 Å². The molecule has 1 heterocycles. The van der Waals surface area contributed by atoms with Gasteiger partial charge < -0.3 is 11.1 Å². The van der Waals surface area contributed by atoms with E-state index in [1.807, 2.05) is 0 Å². The molecule has 0 aromatic rings. The monoisotopic (exact) mass is 140 g/mol. The van der Waals surface area contributed by atoms with Crippen molar-refractivity contribution < 1.29 is 0 Å². The van der Waals surface area contributed by atoms with Crippen molar-refractivity contribution in [1.29, 1.82) is 0 Å². The third kappa shape index (κ3) is 0.722. The third-order valence-electron chi connectivity index (χ3n) is 3.22. The predicted molar refractivity (Wildman–Crippen MR) is 41.7 cm³/mol. The van der Waals surface area contributed by atoms with Gasteiger partial charge >= 0.3 is 0 Å². The molecule has 2 heteroatoms. The van der Waals surface area contributed by atoms with E-state index in [1.54, 1.807) is 0 Å². The minimum absolute atomic E-state index is 0.508. The summed E-state index contributed by atoms with van der Waals surface area (Å²) in [5.41, 5.74) is 5.84. The molecule has 0 bridgehead atoms. The van der Waals surface area contributed by atoms with Gasteiger partial charge in [-0.15, -0.1) is 0 Å². The summed E-state index contributed by atoms with van der Waals surface area (Å²) in [7, 11) is 0. The number of rotatable bonds is 1. The number of nitrogens with two attached hydrogens (primary N) is 1. The zero-order valence-corrected chi connectivity index (χ0v) is 6.51. The van der Waals surface area contributed by atoms with Gasteiger partial charge in [0.15, 0.2) is 0 Å². The van der Waals surface area contributed by atoms with E-state index >= 15 is 0 Å². The molecule has 1 saturated carbocycles. The van der Waals surface area contributed by atoms with Crippen LogP contribution in [-0.2, 0) is 0 Å². The first-order valence-electron chi connectivity index (χ1n) is 4.32. The lowest BCUT2D eigenvalue weighted by molar-refractivity contribution is 0.165. The minimum Gasteiger partial charge on any atom is -0.327 e. The van der Waals surface area contributed by atoms with Crippen LogP contribution in [0.3, 0.4) is 0 Å². The molecule has 0 unspecified atom stereocenters. The third-order valence-corrected chi connectivity index (χ3v) is 3.22. The summed E-state index contributed by atoms with van der Waals surface area (Å²) in [6.45, 7) is 3.42. The fourth-order valence-electron chi connectivity index (χ4n) is 2.44. The molecule has 0 radical (unpaired) electrons. The standard InChI is InChI=1S/C8H16N2/c1-2-8-5-3-7(9)6(5)4-10-8/h5-8,10H,2-4,9H2,1H3/t5-,6-,7+,8-/m0/s1. The van der Waals surface area contributed by atoms with E-state index in [2.05, 4.69) is 12.2 Å². The zero-order valence-electron chi connectivity index (χ0n) is 6.51. The second kappa shape index (κ2) is 2.21. The van der Waals surface area contributed by atoms with E-state index in [-0.39, 0.29) is 0 Å². The van der Waals surface area contributed by atoms with Crippen LogP contribution in [0.4, 0.5) is 0 Å². The molecule has 0 spiro atoms. The fraction of sp³-hybridized carbons (Fsp3) is 1.00. The van der Waals surface area contributed by atoms with Crippen LogP contribution in [0, 0.1) is 11.8 Å². The lowest BCUT2D eigenvalue weighted by atomic mass is 9.69. The van der Waals surface area contributed by atoms with Gasteiger partial charge in [0, 0.05) is 18.6 Å². The summed E-state index contributed by atoms with van der Waals surface area (Å²) in [6.07, 6.45) is 2.53. The Balaban J connectivity index is 1.97. The van der Waals surface area contributed by atoms with Gasteiger partial charge in [0.1, 0.15) is 0 Å². The molecular formula is C8H16N2. The Morgan fingerprint density at radius 1 is 1.50 bits per heavy atom. The largest absolute Gasteiger partial charge is 0.327 e. The van der Waals surface area contributed by atoms with E-state index in [1.165, 1.54) is 19.4 Å². The summed E-state index contributed by atoms with van der Waals surface area (Å²) in [5, 5.41) is 3.52. The summed E-state index contributed by atoms with van der Waals surface area (Å²) < 4.78 is 0. The Morgan fingerprint density at radius 3 is 2.80 bits per heavy atom. The summed E-state index contributed by atoms with van der Waals surface area (Å²) in [4.78, 5) is 0. The first-order chi connectivity index (χ1) is 4.83. The molecule has 1 saturated heterocycles. The minimum atomic E-state index is 0.508. The maximum Gasteiger partial charge on any atom is 0.00971 e. The SMILES string of the molecule is CC[C@@H]1NC[C@H]2[C@@H]1C[C@H]2N. The van der Waals surface area contributed by atoms with Crippen molar-refractivity contribution in [3.8, 4) is 0 Å². The molecule has 0 amide bonds. The average Bonchev–Trinajstić information content (AvgIpc) is 2.25. The van der Waals surface area contributed by atoms with Gasteiger partial charge in [-0.05, 0) is 24.7 Å². The Hall–Kier alpha value is -0.0800. The van der Waals surface area contributed by atoms with Gasteiger partial charge in [-0.2, -0.15) is 0 Å². The number of fused-ring (bicyclic) bond motifs is 1. The highest BCUT2D eigenvalue weighted by Crippen LogP contribution is 2.40. The second-order valence-corrected chi connectivity index (χ2v) is 3.65. The Bertz CT molecular complexity index is 129. The van der Waals surface area contributed by atoms with Gasteiger partial charge in [0.05, 0.1) is 0 Å². The molecule has 0 aromatic carbocycles. The van der Waals surface area contributed by atoms with Gasteiger partial charge in [0.25, 0.3) is 0 Å². The molecule has 2 aliphatic rings. The number of hydrogen-bond acceptors (Lipinski definition) is 2. The van der Waals surface area contributed by atoms with Crippen LogP contribution in [0.5, 0.6) is 0 Å². The van der Waals surface area contributed by atoms with E-state index in [9.17, 15) is 0 Å². The van der Waals surface area contributed by atoms with Gasteiger partial charge in [-0.25, -0.2) is 0 Å². The molecule has 4 atom stereocenters. The molecule has 2 nitrogen and oxygen atoms in total. The topological polar surface area (TPSA) is 38.0 Å². The predicted octanol–water partition coefficient (Wildman–Crippen LogP) is 0.332. The maximum absolute atomic E-state index is 5.84. The van der Waals surface area contributed by atoms with Crippen molar-refractivity contribution >= 4 is 0 Å². The van der Waals surface area contributed by atoms with Crippen molar-refractivity contribution in [3.63, 3.8) is 0 Å². The molecule has 58 valence electrons. The molecule has 0 aromatic heterocycles. The van der Waals surface area contributed by atoms with Crippen LogP contribution in [0.2, 0.25) is 0 Å². The van der Waals surface area contributed by atoms with Gasteiger partial charge in [0.2, 0.25) is 0 Å². The second-order valence-electron chi connectivity index (χ2n) is 3.65. The van der Waals surface area contributed by atoms with E-state index in [0.717, 1.165) is 17.9 Å². The molecule has 2 rings (SSSR count). The average molecular weight is 140 g/mol. The van der Waals surface area contributed by atoms with Gasteiger partial charge in [-0.1, -0.05) is 6.92 Å². The smallest absolute Gasteiger partial charge is 0.00971 e. The van der Waals surface area contributed by atoms with Crippen LogP contribution in [0.25, 0.3) is 0 Å². The Kier molecular flexibility index (Phi) is 1.46. The first-order valence-corrected chi connectivity index (χ1v) is 4.32. The van der Waals surface area contributed by atoms with Crippen molar-refractivity contribution in [2.24, 2.45) is 17.6 Å². The van der Waals surface area contributed by atoms with Crippen molar-refractivity contribution in [1.82, 2.24) is 5.32 Å². The quantitative estimate of drug-likeness (QED) is 0.551. The van der Waals surface area contributed by atoms with Crippen molar-refractivity contribution in [3.05, 3.63) is 0 Å². The highest BCUT2D eigenvalue weighted by molar-refractivity contribution is 5.03. The van der Waals surface area contributed by atoms with E-state index in [4.69, 9.17) is 5.73 Å². The highest BCUT2D eigenvalue weighted by atomic mass is 15.0. The van der Waals surface area contributed by atoms with Crippen LogP contribution < -0.4 is 11.1 Å². The summed E-state index contributed by atoms with van der Waals surface area (Å²) in [5.74, 6) is 1.73. The van der Waals surface area contributed by atoms with Crippen molar-refractivity contribution in [2.45, 2.75) is 31.8 Å². The molecule has 1 aliphatic heterocycles. The molecule has 3 N–H and O–H groups in total. The zero-order chi connectivity index (χ0) is 7.14. The lowest BCUT2D eigenvalue weighted by Gasteiger charge is -2.39. The summed E-state index contributed by atoms with van der Waals surface area (Å²) >= 11 is 0. The number of hydrogen-bond donors (Lipinski definition) is 2. The molecule has 2 fully saturated rings. The van der Waals surface area contributed by atoms with Crippen LogP contribution in [0.15, 0.2) is 0 Å². The van der Waals surface area contributed by atoms with Crippen LogP contribution in [0.1, 0.15) is 19.8 Å². The highest BCUT2D eigenvalue weighted by Gasteiger charge is 2.46. The summed E-state index contributed by atoms with van der Waals surface area (Å²) in [6, 6.07) is 1.29. The van der Waals surface area contributed by atoms with Crippen molar-refractivity contribution in [2.75, 3.05) is 6.54 Å². The van der Waals surface area contributed by atoms with E-state index in [0.29, 0.717) is 6.04 Å².